The van der Waals surface area contributed by atoms with Crippen molar-refractivity contribution in [3.05, 3.63) is 40.4 Å². The van der Waals surface area contributed by atoms with Gasteiger partial charge in [0, 0.05) is 19.2 Å². The molecular formula is C16H18N4O2S. The number of carbonyl (C=O) groups is 2. The predicted octanol–water partition coefficient (Wildman–Crippen LogP) is 2.91. The number of carbonyl (C=O) groups excluding carboxylic acids is 2. The number of thiazole rings is 1. The molecule has 0 aliphatic carbocycles. The molecule has 2 amide bonds. The number of rotatable bonds is 4. The van der Waals surface area contributed by atoms with Gasteiger partial charge in [0.25, 0.3) is 0 Å². The molecule has 120 valence electrons. The topological polar surface area (TPSA) is 74.7 Å². The average Bonchev–Trinajstić information content (AvgIpc) is 2.90. The molecule has 1 N–H and O–H groups in total. The molecule has 0 bridgehead atoms. The van der Waals surface area contributed by atoms with Gasteiger partial charge in [-0.3, -0.25) is 14.5 Å². The van der Waals surface area contributed by atoms with Crippen molar-refractivity contribution in [1.29, 1.82) is 0 Å². The van der Waals surface area contributed by atoms with E-state index in [1.165, 1.54) is 37.0 Å². The molecule has 0 aliphatic heterocycles. The van der Waals surface area contributed by atoms with E-state index >= 15 is 0 Å². The number of hydrogen-bond donors (Lipinski definition) is 1. The van der Waals surface area contributed by atoms with Crippen LogP contribution in [0.25, 0.3) is 0 Å². The third-order valence-electron chi connectivity index (χ3n) is 3.18. The highest BCUT2D eigenvalue weighted by molar-refractivity contribution is 7.14. The van der Waals surface area contributed by atoms with Gasteiger partial charge in [-0.2, -0.15) is 5.10 Å². The molecule has 0 radical (unpaired) electrons. The minimum atomic E-state index is -0.253. The molecule has 0 saturated carbocycles. The molecule has 1 aromatic carbocycles. The second kappa shape index (κ2) is 7.15. The SMILES string of the molecule is CC(=O)N/N=C\c1csc(N(C(C)=O)c2ccc(C)c(C)c2)n1. The van der Waals surface area contributed by atoms with Gasteiger partial charge in [-0.1, -0.05) is 6.07 Å². The summed E-state index contributed by atoms with van der Waals surface area (Å²) in [5.74, 6) is -0.370. The van der Waals surface area contributed by atoms with E-state index in [1.807, 2.05) is 32.0 Å². The number of aromatic nitrogens is 1. The van der Waals surface area contributed by atoms with Crippen LogP contribution in [0.2, 0.25) is 0 Å². The molecule has 0 aliphatic rings. The Hall–Kier alpha value is -2.54. The maximum absolute atomic E-state index is 12.1. The number of hydrazone groups is 1. The minimum absolute atomic E-state index is 0.118. The van der Waals surface area contributed by atoms with Gasteiger partial charge >= 0.3 is 0 Å². The highest BCUT2D eigenvalue weighted by atomic mass is 32.1. The maximum Gasteiger partial charge on any atom is 0.236 e. The van der Waals surface area contributed by atoms with Gasteiger partial charge < -0.3 is 0 Å². The van der Waals surface area contributed by atoms with Gasteiger partial charge in [-0.25, -0.2) is 10.4 Å². The molecule has 0 spiro atoms. The summed E-state index contributed by atoms with van der Waals surface area (Å²) in [6.45, 7) is 6.91. The number of aryl methyl sites for hydroxylation is 2. The van der Waals surface area contributed by atoms with Crippen LogP contribution in [0.1, 0.15) is 30.7 Å². The fourth-order valence-electron chi connectivity index (χ4n) is 1.92. The first-order chi connectivity index (χ1) is 10.9. The van der Waals surface area contributed by atoms with E-state index in [-0.39, 0.29) is 11.8 Å². The lowest BCUT2D eigenvalue weighted by atomic mass is 10.1. The summed E-state index contributed by atoms with van der Waals surface area (Å²) in [5.41, 5.74) is 5.95. The van der Waals surface area contributed by atoms with Crippen LogP contribution in [0, 0.1) is 13.8 Å². The summed E-state index contributed by atoms with van der Waals surface area (Å²) < 4.78 is 0. The molecule has 2 aromatic rings. The highest BCUT2D eigenvalue weighted by Gasteiger charge is 2.18. The second-order valence-electron chi connectivity index (χ2n) is 5.10. The highest BCUT2D eigenvalue weighted by Crippen LogP contribution is 2.29. The average molecular weight is 330 g/mol. The quantitative estimate of drug-likeness (QED) is 0.692. The number of benzene rings is 1. The van der Waals surface area contributed by atoms with E-state index in [9.17, 15) is 9.59 Å². The number of hydrogen-bond acceptors (Lipinski definition) is 5. The first kappa shape index (κ1) is 16.8. The lowest BCUT2D eigenvalue weighted by Gasteiger charge is -2.19. The molecule has 1 heterocycles. The first-order valence-electron chi connectivity index (χ1n) is 7.01. The Balaban J connectivity index is 2.30. The summed E-state index contributed by atoms with van der Waals surface area (Å²) in [4.78, 5) is 28.8. The third kappa shape index (κ3) is 4.23. The molecule has 2 rings (SSSR count). The van der Waals surface area contributed by atoms with Crippen molar-refractivity contribution in [2.75, 3.05) is 4.90 Å². The number of nitrogens with one attached hydrogen (secondary N) is 1. The van der Waals surface area contributed by atoms with Crippen molar-refractivity contribution in [2.24, 2.45) is 5.10 Å². The van der Waals surface area contributed by atoms with Gasteiger partial charge in [0.2, 0.25) is 11.8 Å². The van der Waals surface area contributed by atoms with Gasteiger partial charge in [-0.15, -0.1) is 11.3 Å². The van der Waals surface area contributed by atoms with Crippen LogP contribution in [0.3, 0.4) is 0 Å². The summed E-state index contributed by atoms with van der Waals surface area (Å²) in [6, 6.07) is 5.84. The lowest BCUT2D eigenvalue weighted by Crippen LogP contribution is -2.22. The zero-order valence-corrected chi connectivity index (χ0v) is 14.3. The fourth-order valence-corrected chi connectivity index (χ4v) is 2.76. The molecule has 23 heavy (non-hydrogen) atoms. The van der Waals surface area contributed by atoms with Crippen molar-refractivity contribution < 1.29 is 9.59 Å². The molecule has 0 atom stereocenters. The Morgan fingerprint density at radius 3 is 2.61 bits per heavy atom. The predicted molar refractivity (Wildman–Crippen MR) is 92.3 cm³/mol. The summed E-state index contributed by atoms with van der Waals surface area (Å²) in [5, 5.41) is 6.11. The van der Waals surface area contributed by atoms with Gasteiger partial charge in [0.1, 0.15) is 0 Å². The third-order valence-corrected chi connectivity index (χ3v) is 4.03. The zero-order valence-electron chi connectivity index (χ0n) is 13.5. The Bertz CT molecular complexity index is 767. The van der Waals surface area contributed by atoms with Crippen LogP contribution >= 0.6 is 11.3 Å². The van der Waals surface area contributed by atoms with Crippen LogP contribution in [0.4, 0.5) is 10.8 Å². The molecule has 7 heteroatoms. The Morgan fingerprint density at radius 1 is 1.26 bits per heavy atom. The monoisotopic (exact) mass is 330 g/mol. The zero-order chi connectivity index (χ0) is 17.0. The summed E-state index contributed by atoms with van der Waals surface area (Å²) in [7, 11) is 0. The first-order valence-corrected chi connectivity index (χ1v) is 7.89. The molecule has 0 fully saturated rings. The van der Waals surface area contributed by atoms with Gasteiger partial charge in [-0.05, 0) is 37.1 Å². The standard InChI is InChI=1S/C16H18N4O2S/c1-10-5-6-15(7-11(10)2)20(13(4)22)16-18-14(9-23-16)8-17-19-12(3)21/h5-9H,1-4H3,(H,19,21)/b17-8-. The molecule has 6 nitrogen and oxygen atoms in total. The van der Waals surface area contributed by atoms with Gasteiger partial charge in [0.05, 0.1) is 17.6 Å². The van der Waals surface area contributed by atoms with E-state index in [0.29, 0.717) is 10.8 Å². The van der Waals surface area contributed by atoms with Crippen LogP contribution in [-0.2, 0) is 9.59 Å². The van der Waals surface area contributed by atoms with Crippen molar-refractivity contribution in [3.63, 3.8) is 0 Å². The smallest absolute Gasteiger partial charge is 0.236 e. The Kier molecular flexibility index (Phi) is 5.23. The van der Waals surface area contributed by atoms with Gasteiger partial charge in [0.15, 0.2) is 5.13 Å². The molecule has 0 unspecified atom stereocenters. The largest absolute Gasteiger partial charge is 0.274 e. The number of nitrogens with zero attached hydrogens (tertiary/aromatic N) is 3. The Morgan fingerprint density at radius 2 is 2.00 bits per heavy atom. The number of anilines is 2. The summed E-state index contributed by atoms with van der Waals surface area (Å²) >= 11 is 1.34. The van der Waals surface area contributed by atoms with Crippen molar-refractivity contribution in [1.82, 2.24) is 10.4 Å². The van der Waals surface area contributed by atoms with Crippen LogP contribution in [-0.4, -0.2) is 23.0 Å². The molecule has 0 saturated heterocycles. The fraction of sp³-hybridized carbons (Fsp3) is 0.250. The van der Waals surface area contributed by atoms with Crippen LogP contribution in [0.5, 0.6) is 0 Å². The van der Waals surface area contributed by atoms with E-state index in [2.05, 4.69) is 15.5 Å². The van der Waals surface area contributed by atoms with E-state index in [1.54, 1.807) is 10.3 Å². The number of amides is 2. The second-order valence-corrected chi connectivity index (χ2v) is 5.94. The van der Waals surface area contributed by atoms with Crippen LogP contribution in [0.15, 0.2) is 28.7 Å². The van der Waals surface area contributed by atoms with Crippen LogP contribution < -0.4 is 10.3 Å². The normalized spacial score (nSPS) is 10.8. The summed E-state index contributed by atoms with van der Waals surface area (Å²) in [6.07, 6.45) is 1.44. The van der Waals surface area contributed by atoms with Crippen molar-refractivity contribution >= 4 is 40.2 Å². The minimum Gasteiger partial charge on any atom is -0.274 e. The lowest BCUT2D eigenvalue weighted by molar-refractivity contribution is -0.119. The van der Waals surface area contributed by atoms with Crippen molar-refractivity contribution in [2.45, 2.75) is 27.7 Å². The van der Waals surface area contributed by atoms with E-state index in [0.717, 1.165) is 11.3 Å². The Labute approximate surface area is 138 Å². The maximum atomic E-state index is 12.1. The molecule has 1 aromatic heterocycles. The molecular weight excluding hydrogens is 312 g/mol. The van der Waals surface area contributed by atoms with E-state index < -0.39 is 0 Å². The van der Waals surface area contributed by atoms with E-state index in [4.69, 9.17) is 0 Å². The van der Waals surface area contributed by atoms with Crippen molar-refractivity contribution in [3.8, 4) is 0 Å².